The number of nitrogens with zero attached hydrogens (tertiary/aromatic N) is 9. The summed E-state index contributed by atoms with van der Waals surface area (Å²) in [5.74, 6) is -0.697. The van der Waals surface area contributed by atoms with Crippen LogP contribution in [0.5, 0.6) is 0 Å². The van der Waals surface area contributed by atoms with Crippen LogP contribution in [0.2, 0.25) is 10.2 Å². The zero-order chi connectivity index (χ0) is 29.4. The highest BCUT2D eigenvalue weighted by atomic mass is 35.5. The van der Waals surface area contributed by atoms with Gasteiger partial charge in [0.15, 0.2) is 11.0 Å². The lowest BCUT2D eigenvalue weighted by Crippen LogP contribution is -2.21. The molecule has 0 saturated carbocycles. The van der Waals surface area contributed by atoms with E-state index in [2.05, 4.69) is 30.7 Å². The molecule has 0 aliphatic heterocycles. The van der Waals surface area contributed by atoms with E-state index in [9.17, 15) is 13.9 Å². The van der Waals surface area contributed by atoms with Crippen molar-refractivity contribution < 1.29 is 18.3 Å². The molecule has 0 amide bonds. The maximum atomic E-state index is 15.4. The lowest BCUT2D eigenvalue weighted by atomic mass is 9.98. The van der Waals surface area contributed by atoms with Crippen molar-refractivity contribution in [2.24, 2.45) is 0 Å². The lowest BCUT2D eigenvalue weighted by molar-refractivity contribution is 0.0564. The number of halogens is 5. The summed E-state index contributed by atoms with van der Waals surface area (Å²) in [7, 11) is 0. The van der Waals surface area contributed by atoms with Crippen molar-refractivity contribution in [2.45, 2.75) is 18.7 Å². The molecule has 1 N–H and O–H groups in total. The van der Waals surface area contributed by atoms with Crippen LogP contribution in [0, 0.1) is 5.82 Å². The second-order valence-corrected chi connectivity index (χ2v) is 9.86. The van der Waals surface area contributed by atoms with Gasteiger partial charge in [0.05, 0.1) is 40.7 Å². The van der Waals surface area contributed by atoms with Crippen LogP contribution in [-0.4, -0.2) is 49.9 Å². The number of aliphatic hydroxyl groups is 1. The number of aliphatic hydroxyl groups excluding tert-OH is 1. The molecule has 2 atom stereocenters. The summed E-state index contributed by atoms with van der Waals surface area (Å²) in [5.41, 5.74) is 2.07. The molecule has 0 radical (unpaired) electrons. The summed E-state index contributed by atoms with van der Waals surface area (Å²) in [6, 6.07) is 14.1. The Morgan fingerprint density at radius 1 is 0.857 bits per heavy atom. The van der Waals surface area contributed by atoms with E-state index in [1.54, 1.807) is 42.5 Å². The van der Waals surface area contributed by atoms with E-state index < -0.39 is 24.5 Å². The molecule has 15 heteroatoms. The normalized spacial score (nSPS) is 13.0. The van der Waals surface area contributed by atoms with Gasteiger partial charge in [-0.15, -0.1) is 10.2 Å². The number of alkyl halides is 2. The van der Waals surface area contributed by atoms with E-state index in [-0.39, 0.29) is 21.4 Å². The minimum Gasteiger partial charge on any atom is -0.386 e. The second-order valence-electron chi connectivity index (χ2n) is 9.06. The summed E-state index contributed by atoms with van der Waals surface area (Å²) in [4.78, 5) is 4.56. The van der Waals surface area contributed by atoms with Gasteiger partial charge in [-0.2, -0.15) is 18.6 Å². The SMILES string of the molecule is O[C@@H](c1ccccc1)[C@H](c1ccc(-c2c(-n3cc(Cl)nn3)ccc(Cl)c2F)cn1)n1cc(-c2cnnn2C(F)F)cn1. The molecule has 0 saturated heterocycles. The van der Waals surface area contributed by atoms with Crippen LogP contribution >= 0.6 is 23.2 Å². The fourth-order valence-electron chi connectivity index (χ4n) is 4.59. The molecule has 0 fully saturated rings. The van der Waals surface area contributed by atoms with Crippen molar-refractivity contribution in [1.82, 2.24) is 44.8 Å². The van der Waals surface area contributed by atoms with Crippen LogP contribution < -0.4 is 0 Å². The van der Waals surface area contributed by atoms with Crippen LogP contribution in [0.1, 0.15) is 30.0 Å². The van der Waals surface area contributed by atoms with Crippen molar-refractivity contribution in [3.8, 4) is 28.1 Å². The average molecular weight is 612 g/mol. The fourth-order valence-corrected chi connectivity index (χ4v) is 4.87. The van der Waals surface area contributed by atoms with Crippen molar-refractivity contribution >= 4 is 23.2 Å². The minimum absolute atomic E-state index is 0.0460. The van der Waals surface area contributed by atoms with E-state index in [4.69, 9.17) is 23.2 Å². The maximum Gasteiger partial charge on any atom is 0.335 e. The number of pyridine rings is 1. The van der Waals surface area contributed by atoms with E-state index in [1.807, 2.05) is 6.07 Å². The fraction of sp³-hybridized carbons (Fsp3) is 0.111. The van der Waals surface area contributed by atoms with Crippen LogP contribution in [0.4, 0.5) is 13.2 Å². The van der Waals surface area contributed by atoms with Gasteiger partial charge in [-0.1, -0.05) is 70.0 Å². The highest BCUT2D eigenvalue weighted by Gasteiger charge is 2.28. The van der Waals surface area contributed by atoms with Crippen molar-refractivity contribution in [2.75, 3.05) is 0 Å². The molecule has 42 heavy (non-hydrogen) atoms. The third kappa shape index (κ3) is 5.13. The topological polar surface area (TPSA) is 112 Å². The molecule has 0 spiro atoms. The first-order valence-corrected chi connectivity index (χ1v) is 13.1. The van der Waals surface area contributed by atoms with E-state index in [0.29, 0.717) is 32.8 Å². The van der Waals surface area contributed by atoms with Crippen LogP contribution in [-0.2, 0) is 0 Å². The number of hydrogen-bond donors (Lipinski definition) is 1. The molecule has 4 aromatic heterocycles. The zero-order valence-electron chi connectivity index (χ0n) is 21.2. The van der Waals surface area contributed by atoms with Gasteiger partial charge in [0.2, 0.25) is 0 Å². The molecular formula is C27H18Cl2F3N9O. The predicted molar refractivity (Wildman–Crippen MR) is 147 cm³/mol. The standard InChI is InChI=1S/C27H18Cl2F3N9O/c28-18-7-9-20(39-14-22(29)36-38-39)23(24(18)30)16-6-8-19(33-10-16)25(26(42)15-4-2-1-3-5-15)40-13-17(11-35-40)21-12-34-37-41(21)27(31)32/h1-14,25-27,42H/t25-,26-/m0/s1. The third-order valence-corrected chi connectivity index (χ3v) is 7.01. The molecule has 6 aromatic rings. The van der Waals surface area contributed by atoms with Crippen LogP contribution in [0.3, 0.4) is 0 Å². The molecule has 0 aliphatic carbocycles. The molecule has 212 valence electrons. The van der Waals surface area contributed by atoms with E-state index >= 15 is 4.39 Å². The van der Waals surface area contributed by atoms with Gasteiger partial charge in [-0.05, 0) is 23.8 Å². The average Bonchev–Trinajstić information content (AvgIpc) is 3.77. The quantitative estimate of drug-likeness (QED) is 0.226. The van der Waals surface area contributed by atoms with Gasteiger partial charge in [-0.3, -0.25) is 9.67 Å². The van der Waals surface area contributed by atoms with Crippen molar-refractivity contribution in [1.29, 1.82) is 0 Å². The van der Waals surface area contributed by atoms with Crippen LogP contribution in [0.25, 0.3) is 28.1 Å². The van der Waals surface area contributed by atoms with E-state index in [1.165, 1.54) is 46.4 Å². The minimum atomic E-state index is -2.91. The smallest absolute Gasteiger partial charge is 0.335 e. The highest BCUT2D eigenvalue weighted by Crippen LogP contribution is 2.36. The maximum absolute atomic E-state index is 15.4. The summed E-state index contributed by atoms with van der Waals surface area (Å²) in [6.45, 7) is -2.91. The summed E-state index contributed by atoms with van der Waals surface area (Å²) >= 11 is 12.0. The molecular weight excluding hydrogens is 594 g/mol. The van der Waals surface area contributed by atoms with Crippen molar-refractivity contribution in [3.05, 3.63) is 113 Å². The Morgan fingerprint density at radius 3 is 2.36 bits per heavy atom. The number of rotatable bonds is 8. The largest absolute Gasteiger partial charge is 0.386 e. The van der Waals surface area contributed by atoms with Gasteiger partial charge >= 0.3 is 6.55 Å². The van der Waals surface area contributed by atoms with Gasteiger partial charge in [0.1, 0.15) is 12.1 Å². The van der Waals surface area contributed by atoms with Gasteiger partial charge in [-0.25, -0.2) is 9.07 Å². The molecule has 0 unspecified atom stereocenters. The molecule has 6 rings (SSSR count). The molecule has 0 bridgehead atoms. The first-order valence-electron chi connectivity index (χ1n) is 12.3. The number of hydrogen-bond acceptors (Lipinski definition) is 7. The second kappa shape index (κ2) is 11.4. The Hall–Kier alpha value is -4.59. The highest BCUT2D eigenvalue weighted by molar-refractivity contribution is 6.31. The first-order chi connectivity index (χ1) is 20.3. The van der Waals surface area contributed by atoms with Gasteiger partial charge in [0.25, 0.3) is 0 Å². The van der Waals surface area contributed by atoms with Crippen molar-refractivity contribution in [3.63, 3.8) is 0 Å². The number of aromatic nitrogens is 9. The summed E-state index contributed by atoms with van der Waals surface area (Å²) < 4.78 is 45.4. The third-order valence-electron chi connectivity index (χ3n) is 6.55. The van der Waals surface area contributed by atoms with Gasteiger partial charge in [0, 0.05) is 29.1 Å². The number of benzene rings is 2. The Kier molecular flexibility index (Phi) is 7.45. The Balaban J connectivity index is 1.43. The monoisotopic (exact) mass is 611 g/mol. The van der Waals surface area contributed by atoms with Crippen LogP contribution in [0.15, 0.2) is 85.6 Å². The molecule has 2 aromatic carbocycles. The predicted octanol–water partition coefficient (Wildman–Crippen LogP) is 5.95. The molecule has 0 aliphatic rings. The molecule has 4 heterocycles. The van der Waals surface area contributed by atoms with Gasteiger partial charge < -0.3 is 5.11 Å². The summed E-state index contributed by atoms with van der Waals surface area (Å²) in [6.07, 6.45) is 5.76. The Bertz CT molecular complexity index is 1840. The Labute approximate surface area is 245 Å². The summed E-state index contributed by atoms with van der Waals surface area (Å²) in [5, 5.41) is 30.5. The Morgan fingerprint density at radius 2 is 1.67 bits per heavy atom. The lowest BCUT2D eigenvalue weighted by Gasteiger charge is -2.24. The molecule has 10 nitrogen and oxygen atoms in total. The van der Waals surface area contributed by atoms with E-state index in [0.717, 1.165) is 0 Å². The first kappa shape index (κ1) is 27.6. The zero-order valence-corrected chi connectivity index (χ0v) is 22.7.